The molecule has 1 aliphatic heterocycles. The van der Waals surface area contributed by atoms with Crippen LogP contribution < -0.4 is 10.1 Å². The molecule has 0 bridgehead atoms. The third-order valence-corrected chi connectivity index (χ3v) is 4.60. The summed E-state index contributed by atoms with van der Waals surface area (Å²) in [6.45, 7) is 10.7. The van der Waals surface area contributed by atoms with E-state index in [1.54, 1.807) is 7.11 Å². The molecule has 1 unspecified atom stereocenters. The van der Waals surface area contributed by atoms with Crippen molar-refractivity contribution in [3.63, 3.8) is 0 Å². The zero-order valence-electron chi connectivity index (χ0n) is 16.3. The van der Waals surface area contributed by atoms with E-state index in [1.807, 2.05) is 12.1 Å². The van der Waals surface area contributed by atoms with Crippen LogP contribution in [0.5, 0.6) is 5.75 Å². The molecule has 0 radical (unpaired) electrons. The Bertz CT molecular complexity index is 523. The molecule has 1 aromatic carbocycles. The molecule has 1 N–H and O–H groups in total. The molecular formula is C20H34N4O. The normalized spacial score (nSPS) is 16.7. The number of likely N-dealkylation sites (tertiary alicyclic amines) is 1. The average molecular weight is 347 g/mol. The first-order valence-corrected chi connectivity index (χ1v) is 9.47. The molecule has 1 aromatic rings. The molecule has 140 valence electrons. The molecular weight excluding hydrogens is 312 g/mol. The van der Waals surface area contributed by atoms with Gasteiger partial charge in [-0.3, -0.25) is 4.99 Å². The van der Waals surface area contributed by atoms with Crippen LogP contribution in [0.3, 0.4) is 0 Å². The van der Waals surface area contributed by atoms with Gasteiger partial charge in [0, 0.05) is 33.2 Å². The van der Waals surface area contributed by atoms with Crippen molar-refractivity contribution >= 4 is 5.96 Å². The lowest BCUT2D eigenvalue weighted by molar-refractivity contribution is 0.291. The Labute approximate surface area is 153 Å². The van der Waals surface area contributed by atoms with Gasteiger partial charge in [-0.05, 0) is 56.5 Å². The van der Waals surface area contributed by atoms with E-state index in [-0.39, 0.29) is 0 Å². The quantitative estimate of drug-likeness (QED) is 0.580. The number of guanidine groups is 1. The highest BCUT2D eigenvalue weighted by atomic mass is 16.5. The van der Waals surface area contributed by atoms with Gasteiger partial charge in [0.2, 0.25) is 0 Å². The molecule has 1 saturated heterocycles. The van der Waals surface area contributed by atoms with E-state index in [9.17, 15) is 0 Å². The summed E-state index contributed by atoms with van der Waals surface area (Å²) in [4.78, 5) is 9.62. The molecule has 5 heteroatoms. The van der Waals surface area contributed by atoms with E-state index in [2.05, 4.69) is 48.1 Å². The monoisotopic (exact) mass is 346 g/mol. The van der Waals surface area contributed by atoms with E-state index in [0.29, 0.717) is 5.92 Å². The Balaban J connectivity index is 1.89. The third-order valence-electron chi connectivity index (χ3n) is 4.60. The van der Waals surface area contributed by atoms with Crippen molar-refractivity contribution in [3.8, 4) is 5.75 Å². The number of hydrogen-bond acceptors (Lipinski definition) is 3. The Morgan fingerprint density at radius 2 is 1.96 bits per heavy atom. The first-order valence-electron chi connectivity index (χ1n) is 9.47. The molecule has 1 heterocycles. The van der Waals surface area contributed by atoms with Gasteiger partial charge in [-0.1, -0.05) is 19.1 Å². The van der Waals surface area contributed by atoms with Gasteiger partial charge in [0.1, 0.15) is 5.75 Å². The van der Waals surface area contributed by atoms with E-state index in [1.165, 1.54) is 31.5 Å². The maximum absolute atomic E-state index is 5.23. The van der Waals surface area contributed by atoms with Crippen molar-refractivity contribution in [1.82, 2.24) is 15.1 Å². The second-order valence-corrected chi connectivity index (χ2v) is 7.01. The van der Waals surface area contributed by atoms with Crippen LogP contribution in [0.1, 0.15) is 32.3 Å². The predicted molar refractivity (Wildman–Crippen MR) is 105 cm³/mol. The molecule has 5 nitrogen and oxygen atoms in total. The number of nitrogens with zero attached hydrogens (tertiary/aromatic N) is 3. The van der Waals surface area contributed by atoms with Crippen molar-refractivity contribution < 1.29 is 4.74 Å². The molecule has 1 aliphatic rings. The maximum atomic E-state index is 5.23. The first-order chi connectivity index (χ1) is 12.1. The van der Waals surface area contributed by atoms with Gasteiger partial charge in [-0.2, -0.15) is 0 Å². The minimum Gasteiger partial charge on any atom is -0.497 e. The summed E-state index contributed by atoms with van der Waals surface area (Å²) in [6, 6.07) is 8.22. The summed E-state index contributed by atoms with van der Waals surface area (Å²) in [5.41, 5.74) is 1.25. The second-order valence-electron chi connectivity index (χ2n) is 7.01. The summed E-state index contributed by atoms with van der Waals surface area (Å²) >= 11 is 0. The molecule has 0 aromatic heterocycles. The van der Waals surface area contributed by atoms with Crippen molar-refractivity contribution in [1.29, 1.82) is 0 Å². The number of methoxy groups -OCH3 is 1. The lowest BCUT2D eigenvalue weighted by Gasteiger charge is -2.24. The van der Waals surface area contributed by atoms with Crippen LogP contribution in [0, 0.1) is 5.92 Å². The minimum absolute atomic E-state index is 0.584. The van der Waals surface area contributed by atoms with Crippen molar-refractivity contribution in [3.05, 3.63) is 29.8 Å². The summed E-state index contributed by atoms with van der Waals surface area (Å²) < 4.78 is 5.23. The summed E-state index contributed by atoms with van der Waals surface area (Å²) in [7, 11) is 3.79. The molecule has 1 atom stereocenters. The summed E-state index contributed by atoms with van der Waals surface area (Å²) in [6.07, 6.45) is 2.70. The zero-order chi connectivity index (χ0) is 18.1. The number of benzene rings is 1. The number of hydrogen-bond donors (Lipinski definition) is 1. The van der Waals surface area contributed by atoms with Crippen molar-refractivity contribution in [2.24, 2.45) is 10.9 Å². The minimum atomic E-state index is 0.584. The van der Waals surface area contributed by atoms with Gasteiger partial charge in [-0.25, -0.2) is 0 Å². The molecule has 0 spiro atoms. The Hall–Kier alpha value is -1.75. The topological polar surface area (TPSA) is 40.1 Å². The molecule has 0 saturated carbocycles. The Kier molecular flexibility index (Phi) is 8.06. The van der Waals surface area contributed by atoms with E-state index >= 15 is 0 Å². The van der Waals surface area contributed by atoms with Gasteiger partial charge in [-0.15, -0.1) is 0 Å². The van der Waals surface area contributed by atoms with Gasteiger partial charge in [0.15, 0.2) is 5.96 Å². The number of ether oxygens (including phenoxy) is 1. The van der Waals surface area contributed by atoms with E-state index in [4.69, 9.17) is 9.73 Å². The largest absolute Gasteiger partial charge is 0.497 e. The second kappa shape index (κ2) is 10.3. The number of nitrogens with one attached hydrogen (secondary N) is 1. The van der Waals surface area contributed by atoms with Crippen LogP contribution in [0.25, 0.3) is 0 Å². The summed E-state index contributed by atoms with van der Waals surface area (Å²) in [5, 5.41) is 3.41. The highest BCUT2D eigenvalue weighted by Gasteiger charge is 2.15. The third kappa shape index (κ3) is 6.58. The summed E-state index contributed by atoms with van der Waals surface area (Å²) in [5.74, 6) is 2.45. The average Bonchev–Trinajstić information content (AvgIpc) is 3.12. The molecule has 0 aliphatic carbocycles. The fourth-order valence-corrected chi connectivity index (χ4v) is 3.26. The standard InChI is InChI=1S/C20H34N4O/c1-5-21-20(22-14-17(2)15-24-12-6-7-13-24)23(3)16-18-8-10-19(25-4)11-9-18/h8-11,17H,5-7,12-16H2,1-4H3,(H,21,22). The Morgan fingerprint density at radius 1 is 1.28 bits per heavy atom. The highest BCUT2D eigenvalue weighted by Crippen LogP contribution is 2.13. The van der Waals surface area contributed by atoms with Crippen LogP contribution >= 0.6 is 0 Å². The van der Waals surface area contributed by atoms with Crippen LogP contribution in [-0.2, 0) is 6.54 Å². The lowest BCUT2D eigenvalue weighted by atomic mass is 10.2. The highest BCUT2D eigenvalue weighted by molar-refractivity contribution is 5.79. The first kappa shape index (κ1) is 19.6. The van der Waals surface area contributed by atoms with Gasteiger partial charge in [0.05, 0.1) is 7.11 Å². The number of rotatable bonds is 8. The Morgan fingerprint density at radius 3 is 2.56 bits per heavy atom. The fourth-order valence-electron chi connectivity index (χ4n) is 3.26. The molecule has 0 amide bonds. The van der Waals surface area contributed by atoms with Crippen molar-refractivity contribution in [2.75, 3.05) is 46.9 Å². The maximum Gasteiger partial charge on any atom is 0.193 e. The van der Waals surface area contributed by atoms with Gasteiger partial charge in [0.25, 0.3) is 0 Å². The lowest BCUT2D eigenvalue weighted by Crippen LogP contribution is -2.39. The van der Waals surface area contributed by atoms with E-state index in [0.717, 1.165) is 37.9 Å². The van der Waals surface area contributed by atoms with Crippen LogP contribution in [0.2, 0.25) is 0 Å². The van der Waals surface area contributed by atoms with Gasteiger partial charge < -0.3 is 19.9 Å². The molecule has 1 fully saturated rings. The smallest absolute Gasteiger partial charge is 0.193 e. The molecule has 2 rings (SSSR count). The van der Waals surface area contributed by atoms with Crippen LogP contribution in [0.15, 0.2) is 29.3 Å². The molecule has 25 heavy (non-hydrogen) atoms. The van der Waals surface area contributed by atoms with E-state index < -0.39 is 0 Å². The van der Waals surface area contributed by atoms with Crippen molar-refractivity contribution in [2.45, 2.75) is 33.2 Å². The fraction of sp³-hybridized carbons (Fsp3) is 0.650. The SMILES string of the molecule is CCNC(=NCC(C)CN1CCCC1)N(C)Cc1ccc(OC)cc1. The predicted octanol–water partition coefficient (Wildman–Crippen LogP) is 2.82. The van der Waals surface area contributed by atoms with Gasteiger partial charge >= 0.3 is 0 Å². The van der Waals surface area contributed by atoms with Crippen LogP contribution in [-0.4, -0.2) is 62.6 Å². The zero-order valence-corrected chi connectivity index (χ0v) is 16.3. The van der Waals surface area contributed by atoms with Crippen LogP contribution in [0.4, 0.5) is 0 Å². The number of aliphatic imine (C=N–C) groups is 1.